The zero-order valence-electron chi connectivity index (χ0n) is 10.7. The van der Waals surface area contributed by atoms with Crippen LogP contribution in [-0.2, 0) is 6.42 Å². The molecule has 1 nitrogen and oxygen atoms in total. The van der Waals surface area contributed by atoms with Gasteiger partial charge in [-0.05, 0) is 47.3 Å². The van der Waals surface area contributed by atoms with Crippen LogP contribution in [0, 0.1) is 11.6 Å². The van der Waals surface area contributed by atoms with Gasteiger partial charge in [-0.1, -0.05) is 22.0 Å². The van der Waals surface area contributed by atoms with E-state index in [1.807, 2.05) is 0 Å². The average molecular weight is 367 g/mol. The van der Waals surface area contributed by atoms with Crippen molar-refractivity contribution in [3.05, 3.63) is 69.0 Å². The molecule has 0 amide bonds. The van der Waals surface area contributed by atoms with E-state index >= 15 is 0 Å². The van der Waals surface area contributed by atoms with Gasteiger partial charge in [-0.15, -0.1) is 11.3 Å². The summed E-state index contributed by atoms with van der Waals surface area (Å²) >= 11 is 4.49. The van der Waals surface area contributed by atoms with Crippen LogP contribution >= 0.6 is 27.3 Å². The molecule has 0 N–H and O–H groups in total. The zero-order chi connectivity index (χ0) is 15.0. The summed E-state index contributed by atoms with van der Waals surface area (Å²) in [5, 5.41) is 0.819. The van der Waals surface area contributed by atoms with Crippen molar-refractivity contribution in [1.29, 1.82) is 0 Å². The molecule has 3 aromatic rings. The van der Waals surface area contributed by atoms with Crippen molar-refractivity contribution in [2.45, 2.75) is 6.42 Å². The van der Waals surface area contributed by atoms with Crippen LogP contribution in [0.5, 0.6) is 0 Å². The normalized spacial score (nSPS) is 11.0. The van der Waals surface area contributed by atoms with Crippen molar-refractivity contribution >= 4 is 43.1 Å². The van der Waals surface area contributed by atoms with E-state index in [2.05, 4.69) is 15.9 Å². The van der Waals surface area contributed by atoms with Gasteiger partial charge in [0.15, 0.2) is 5.78 Å². The van der Waals surface area contributed by atoms with E-state index in [9.17, 15) is 13.6 Å². The predicted molar refractivity (Wildman–Crippen MR) is 83.9 cm³/mol. The van der Waals surface area contributed by atoms with Gasteiger partial charge >= 0.3 is 0 Å². The number of thiophene rings is 1. The molecule has 0 aliphatic heterocycles. The Hall–Kier alpha value is -1.59. The van der Waals surface area contributed by atoms with E-state index in [0.29, 0.717) is 15.1 Å². The SMILES string of the molecule is O=C(Cc1cc(Br)ccc1F)c1cc2ccc(F)cc2s1. The number of hydrogen-bond acceptors (Lipinski definition) is 2. The standard InChI is InChI=1S/C16H9BrF2OS/c17-11-2-4-13(19)10(5-11)6-14(20)16-7-9-1-3-12(18)8-15(9)21-16/h1-5,7-8H,6H2. The van der Waals surface area contributed by atoms with Crippen molar-refractivity contribution < 1.29 is 13.6 Å². The number of fused-ring (bicyclic) bond motifs is 1. The van der Waals surface area contributed by atoms with Gasteiger partial charge in [0, 0.05) is 15.6 Å². The fourth-order valence-corrected chi connectivity index (χ4v) is 3.51. The van der Waals surface area contributed by atoms with Crippen molar-refractivity contribution in [3.8, 4) is 0 Å². The van der Waals surface area contributed by atoms with E-state index < -0.39 is 5.82 Å². The molecule has 0 atom stereocenters. The Bertz CT molecular complexity index is 841. The number of carbonyl (C=O) groups excluding carboxylic acids is 1. The number of rotatable bonds is 3. The highest BCUT2D eigenvalue weighted by atomic mass is 79.9. The topological polar surface area (TPSA) is 17.1 Å². The summed E-state index contributed by atoms with van der Waals surface area (Å²) in [6.45, 7) is 0. The first-order chi connectivity index (χ1) is 10.0. The van der Waals surface area contributed by atoms with Gasteiger partial charge in [0.25, 0.3) is 0 Å². The van der Waals surface area contributed by atoms with E-state index in [1.165, 1.54) is 29.5 Å². The van der Waals surface area contributed by atoms with Gasteiger partial charge in [-0.25, -0.2) is 8.78 Å². The molecule has 1 aromatic heterocycles. The Morgan fingerprint density at radius 1 is 1.10 bits per heavy atom. The Balaban J connectivity index is 1.91. The van der Waals surface area contributed by atoms with Gasteiger partial charge in [0.2, 0.25) is 0 Å². The molecule has 21 heavy (non-hydrogen) atoms. The van der Waals surface area contributed by atoms with Gasteiger partial charge in [-0.2, -0.15) is 0 Å². The van der Waals surface area contributed by atoms with Gasteiger partial charge in [-0.3, -0.25) is 4.79 Å². The molecule has 0 saturated heterocycles. The Morgan fingerprint density at radius 2 is 1.90 bits per heavy atom. The molecule has 0 bridgehead atoms. The van der Waals surface area contributed by atoms with E-state index in [-0.39, 0.29) is 18.0 Å². The third-order valence-electron chi connectivity index (χ3n) is 3.12. The summed E-state index contributed by atoms with van der Waals surface area (Å²) in [7, 11) is 0. The van der Waals surface area contributed by atoms with Crippen LogP contribution in [0.3, 0.4) is 0 Å². The van der Waals surface area contributed by atoms with E-state index in [1.54, 1.807) is 24.3 Å². The largest absolute Gasteiger partial charge is 0.293 e. The highest BCUT2D eigenvalue weighted by molar-refractivity contribution is 9.10. The molecule has 0 fully saturated rings. The first-order valence-electron chi connectivity index (χ1n) is 6.19. The Kier molecular flexibility index (Phi) is 3.87. The van der Waals surface area contributed by atoms with Crippen molar-refractivity contribution in [1.82, 2.24) is 0 Å². The fourth-order valence-electron chi connectivity index (χ4n) is 2.08. The van der Waals surface area contributed by atoms with Crippen LogP contribution in [0.15, 0.2) is 46.9 Å². The van der Waals surface area contributed by atoms with Gasteiger partial charge < -0.3 is 0 Å². The first kappa shape index (κ1) is 14.4. The van der Waals surface area contributed by atoms with Gasteiger partial charge in [0.1, 0.15) is 11.6 Å². The monoisotopic (exact) mass is 366 g/mol. The maximum absolute atomic E-state index is 13.7. The molecule has 106 valence electrons. The van der Waals surface area contributed by atoms with Crippen molar-refractivity contribution in [3.63, 3.8) is 0 Å². The lowest BCUT2D eigenvalue weighted by Gasteiger charge is -2.02. The van der Waals surface area contributed by atoms with Crippen LogP contribution in [0.25, 0.3) is 10.1 Å². The summed E-state index contributed by atoms with van der Waals surface area (Å²) in [6.07, 6.45) is -0.0133. The van der Waals surface area contributed by atoms with Crippen LogP contribution < -0.4 is 0 Å². The van der Waals surface area contributed by atoms with Crippen LogP contribution in [0.1, 0.15) is 15.2 Å². The van der Waals surface area contributed by atoms with Crippen molar-refractivity contribution in [2.24, 2.45) is 0 Å². The zero-order valence-corrected chi connectivity index (χ0v) is 13.1. The summed E-state index contributed by atoms with van der Waals surface area (Å²) in [6, 6.07) is 10.6. The number of benzene rings is 2. The van der Waals surface area contributed by atoms with Crippen LogP contribution in [0.2, 0.25) is 0 Å². The molecule has 0 saturated carbocycles. The van der Waals surface area contributed by atoms with Gasteiger partial charge in [0.05, 0.1) is 4.88 Å². The lowest BCUT2D eigenvalue weighted by molar-refractivity contribution is 0.0995. The minimum Gasteiger partial charge on any atom is -0.293 e. The maximum atomic E-state index is 13.7. The van der Waals surface area contributed by atoms with Crippen LogP contribution in [0.4, 0.5) is 8.78 Å². The summed E-state index contributed by atoms with van der Waals surface area (Å²) in [4.78, 5) is 12.8. The third kappa shape index (κ3) is 3.04. The lowest BCUT2D eigenvalue weighted by atomic mass is 10.1. The highest BCUT2D eigenvalue weighted by Crippen LogP contribution is 2.28. The molecule has 0 spiro atoms. The van der Waals surface area contributed by atoms with E-state index in [0.717, 1.165) is 9.86 Å². The van der Waals surface area contributed by atoms with Crippen LogP contribution in [-0.4, -0.2) is 5.78 Å². The molecule has 5 heteroatoms. The third-order valence-corrected chi connectivity index (χ3v) is 4.75. The predicted octanol–water partition coefficient (Wildman–Crippen LogP) is 5.37. The summed E-state index contributed by atoms with van der Waals surface area (Å²) in [5.41, 5.74) is 0.345. The number of halogens is 3. The average Bonchev–Trinajstić information content (AvgIpc) is 2.86. The molecule has 3 rings (SSSR count). The molecular weight excluding hydrogens is 358 g/mol. The molecule has 0 unspecified atom stereocenters. The quantitative estimate of drug-likeness (QED) is 0.569. The molecule has 0 aliphatic carbocycles. The minimum atomic E-state index is -0.404. The molecule has 0 radical (unpaired) electrons. The molecular formula is C16H9BrF2OS. The second-order valence-corrected chi connectivity index (χ2v) is 6.63. The second-order valence-electron chi connectivity index (χ2n) is 4.63. The Morgan fingerprint density at radius 3 is 2.71 bits per heavy atom. The molecule has 2 aromatic carbocycles. The Labute approximate surface area is 132 Å². The maximum Gasteiger partial charge on any atom is 0.177 e. The second kappa shape index (κ2) is 5.66. The summed E-state index contributed by atoms with van der Waals surface area (Å²) < 4.78 is 28.3. The lowest BCUT2D eigenvalue weighted by Crippen LogP contribution is -2.03. The molecule has 0 aliphatic rings. The molecule has 1 heterocycles. The highest BCUT2D eigenvalue weighted by Gasteiger charge is 2.14. The fraction of sp³-hybridized carbons (Fsp3) is 0.0625. The number of carbonyl (C=O) groups is 1. The minimum absolute atomic E-state index is 0.0133. The number of Topliss-reactive ketones (excluding diaryl/α,β-unsaturated/α-hetero) is 1. The van der Waals surface area contributed by atoms with E-state index in [4.69, 9.17) is 0 Å². The first-order valence-corrected chi connectivity index (χ1v) is 7.80. The number of ketones is 1. The van der Waals surface area contributed by atoms with Crippen molar-refractivity contribution in [2.75, 3.05) is 0 Å². The summed E-state index contributed by atoms with van der Waals surface area (Å²) in [5.74, 6) is -0.909. The number of hydrogen-bond donors (Lipinski definition) is 0. The smallest absolute Gasteiger partial charge is 0.177 e.